The first-order chi connectivity index (χ1) is 12.5. The average molecular weight is 356 g/mol. The van der Waals surface area contributed by atoms with Gasteiger partial charge in [0, 0.05) is 19.4 Å². The zero-order valence-electron chi connectivity index (χ0n) is 14.1. The maximum Gasteiger partial charge on any atom is 0.326 e. The highest BCUT2D eigenvalue weighted by Crippen LogP contribution is 2.21. The standard InChI is InChI=1S/C19H20N2O5/c22-17-10-14(11-21(17)12-15-7-4-8-26-15)18(23)20-16(19(24)25)9-13-5-2-1-3-6-13/h1-8,14,16H,9-12H2,(H,20,23)(H,24,25). The second-order valence-corrected chi connectivity index (χ2v) is 6.34. The fraction of sp³-hybridized carbons (Fsp3) is 0.316. The second kappa shape index (κ2) is 7.86. The SMILES string of the molecule is O=C(NC(Cc1ccccc1)C(=O)O)C1CC(=O)N(Cc2ccco2)C1. The van der Waals surface area contributed by atoms with E-state index in [9.17, 15) is 19.5 Å². The number of hydrogen-bond donors (Lipinski definition) is 2. The molecule has 2 heterocycles. The zero-order chi connectivity index (χ0) is 18.5. The Labute approximate surface area is 150 Å². The lowest BCUT2D eigenvalue weighted by Gasteiger charge is -2.18. The van der Waals surface area contributed by atoms with E-state index in [1.165, 1.54) is 6.26 Å². The molecule has 2 N–H and O–H groups in total. The van der Waals surface area contributed by atoms with Crippen molar-refractivity contribution < 1.29 is 23.9 Å². The molecule has 7 heteroatoms. The Hall–Kier alpha value is -3.09. The number of benzene rings is 1. The Balaban J connectivity index is 1.59. The summed E-state index contributed by atoms with van der Waals surface area (Å²) in [5, 5.41) is 12.0. The highest BCUT2D eigenvalue weighted by molar-refractivity contribution is 5.91. The first-order valence-corrected chi connectivity index (χ1v) is 8.40. The Kier molecular flexibility index (Phi) is 5.36. The summed E-state index contributed by atoms with van der Waals surface area (Å²) < 4.78 is 5.23. The van der Waals surface area contributed by atoms with Crippen LogP contribution in [-0.4, -0.2) is 40.4 Å². The van der Waals surface area contributed by atoms with Crippen molar-refractivity contribution in [3.63, 3.8) is 0 Å². The second-order valence-electron chi connectivity index (χ2n) is 6.34. The molecule has 2 atom stereocenters. The lowest BCUT2D eigenvalue weighted by Crippen LogP contribution is -2.45. The summed E-state index contributed by atoms with van der Waals surface area (Å²) in [6.45, 7) is 0.561. The minimum absolute atomic E-state index is 0.0736. The van der Waals surface area contributed by atoms with Gasteiger partial charge in [-0.3, -0.25) is 9.59 Å². The van der Waals surface area contributed by atoms with Gasteiger partial charge in [0.15, 0.2) is 0 Å². The molecule has 0 radical (unpaired) electrons. The molecule has 1 aliphatic heterocycles. The topological polar surface area (TPSA) is 99.8 Å². The van der Waals surface area contributed by atoms with Gasteiger partial charge in [0.2, 0.25) is 11.8 Å². The first-order valence-electron chi connectivity index (χ1n) is 8.40. The van der Waals surface area contributed by atoms with Gasteiger partial charge in [0.25, 0.3) is 0 Å². The van der Waals surface area contributed by atoms with Crippen molar-refractivity contribution in [2.24, 2.45) is 5.92 Å². The molecular formula is C19H20N2O5. The average Bonchev–Trinajstić information content (AvgIpc) is 3.26. The normalized spacial score (nSPS) is 17.9. The van der Waals surface area contributed by atoms with Crippen LogP contribution < -0.4 is 5.32 Å². The number of carboxylic acid groups (broad SMARTS) is 1. The summed E-state index contributed by atoms with van der Waals surface area (Å²) in [5.41, 5.74) is 0.821. The predicted octanol–water partition coefficient (Wildman–Crippen LogP) is 1.44. The van der Waals surface area contributed by atoms with Gasteiger partial charge in [-0.15, -0.1) is 0 Å². The number of carboxylic acids is 1. The molecule has 136 valence electrons. The van der Waals surface area contributed by atoms with Crippen LogP contribution in [0, 0.1) is 5.92 Å². The molecule has 1 aromatic heterocycles. The van der Waals surface area contributed by atoms with Crippen molar-refractivity contribution in [1.82, 2.24) is 10.2 Å². The van der Waals surface area contributed by atoms with Crippen LogP contribution in [0.25, 0.3) is 0 Å². The van der Waals surface area contributed by atoms with E-state index in [2.05, 4.69) is 5.32 Å². The van der Waals surface area contributed by atoms with E-state index >= 15 is 0 Å². The number of aliphatic carboxylic acids is 1. The summed E-state index contributed by atoms with van der Waals surface area (Å²) in [4.78, 5) is 37.6. The fourth-order valence-corrected chi connectivity index (χ4v) is 3.03. The number of nitrogens with zero attached hydrogens (tertiary/aromatic N) is 1. The van der Waals surface area contributed by atoms with Crippen molar-refractivity contribution in [2.45, 2.75) is 25.4 Å². The van der Waals surface area contributed by atoms with Crippen LogP contribution >= 0.6 is 0 Å². The number of carbonyl (C=O) groups excluding carboxylic acids is 2. The summed E-state index contributed by atoms with van der Waals surface area (Å²) >= 11 is 0. The van der Waals surface area contributed by atoms with Crippen LogP contribution in [0.15, 0.2) is 53.1 Å². The number of carbonyl (C=O) groups is 3. The molecule has 1 fully saturated rings. The molecule has 26 heavy (non-hydrogen) atoms. The molecule has 0 spiro atoms. The Morgan fingerprint density at radius 3 is 2.65 bits per heavy atom. The number of nitrogens with one attached hydrogen (secondary N) is 1. The Morgan fingerprint density at radius 1 is 1.23 bits per heavy atom. The van der Waals surface area contributed by atoms with Crippen LogP contribution in [0.3, 0.4) is 0 Å². The van der Waals surface area contributed by atoms with Gasteiger partial charge in [0.1, 0.15) is 11.8 Å². The number of amides is 2. The molecule has 0 saturated carbocycles. The van der Waals surface area contributed by atoms with Crippen LogP contribution in [0.4, 0.5) is 0 Å². The van der Waals surface area contributed by atoms with E-state index in [0.29, 0.717) is 12.3 Å². The van der Waals surface area contributed by atoms with Crippen LogP contribution in [0.5, 0.6) is 0 Å². The predicted molar refractivity (Wildman–Crippen MR) is 91.9 cm³/mol. The molecule has 2 aromatic rings. The molecule has 1 aromatic carbocycles. The van der Waals surface area contributed by atoms with Gasteiger partial charge in [-0.2, -0.15) is 0 Å². The van der Waals surface area contributed by atoms with Gasteiger partial charge in [-0.05, 0) is 17.7 Å². The lowest BCUT2D eigenvalue weighted by molar-refractivity contribution is -0.142. The molecular weight excluding hydrogens is 336 g/mol. The smallest absolute Gasteiger partial charge is 0.326 e. The van der Waals surface area contributed by atoms with Crippen molar-refractivity contribution in [3.05, 3.63) is 60.1 Å². The molecule has 7 nitrogen and oxygen atoms in total. The molecule has 2 unspecified atom stereocenters. The summed E-state index contributed by atoms with van der Waals surface area (Å²) in [6.07, 6.45) is 1.80. The van der Waals surface area contributed by atoms with Crippen molar-refractivity contribution in [2.75, 3.05) is 6.54 Å². The first kappa shape index (κ1) is 17.7. The maximum absolute atomic E-state index is 12.5. The Bertz CT molecular complexity index is 772. The molecule has 0 aliphatic carbocycles. The molecule has 2 amide bonds. The third-order valence-electron chi connectivity index (χ3n) is 4.41. The van der Waals surface area contributed by atoms with Gasteiger partial charge in [0.05, 0.1) is 18.7 Å². The molecule has 1 saturated heterocycles. The largest absolute Gasteiger partial charge is 0.480 e. The van der Waals surface area contributed by atoms with E-state index in [1.807, 2.05) is 30.3 Å². The van der Waals surface area contributed by atoms with E-state index in [4.69, 9.17) is 4.42 Å². The van der Waals surface area contributed by atoms with E-state index < -0.39 is 23.8 Å². The highest BCUT2D eigenvalue weighted by Gasteiger charge is 2.36. The van der Waals surface area contributed by atoms with Gasteiger partial charge in [-0.1, -0.05) is 30.3 Å². The third kappa shape index (κ3) is 4.30. The van der Waals surface area contributed by atoms with Crippen LogP contribution in [0.2, 0.25) is 0 Å². The van der Waals surface area contributed by atoms with Crippen LogP contribution in [-0.2, 0) is 27.3 Å². The zero-order valence-corrected chi connectivity index (χ0v) is 14.1. The van der Waals surface area contributed by atoms with E-state index in [-0.39, 0.29) is 25.3 Å². The third-order valence-corrected chi connectivity index (χ3v) is 4.41. The molecule has 1 aliphatic rings. The van der Waals surface area contributed by atoms with E-state index in [0.717, 1.165) is 5.56 Å². The van der Waals surface area contributed by atoms with Gasteiger partial charge in [-0.25, -0.2) is 4.79 Å². The number of furan rings is 1. The van der Waals surface area contributed by atoms with Crippen molar-refractivity contribution >= 4 is 17.8 Å². The lowest BCUT2D eigenvalue weighted by atomic mass is 10.0. The molecule has 0 bridgehead atoms. The Morgan fingerprint density at radius 2 is 2.00 bits per heavy atom. The quantitative estimate of drug-likeness (QED) is 0.782. The van der Waals surface area contributed by atoms with Gasteiger partial charge < -0.3 is 19.7 Å². The minimum atomic E-state index is -1.10. The monoisotopic (exact) mass is 356 g/mol. The number of hydrogen-bond acceptors (Lipinski definition) is 4. The summed E-state index contributed by atoms with van der Waals surface area (Å²) in [5.74, 6) is -1.57. The number of likely N-dealkylation sites (tertiary alicyclic amines) is 1. The van der Waals surface area contributed by atoms with Crippen LogP contribution in [0.1, 0.15) is 17.7 Å². The minimum Gasteiger partial charge on any atom is -0.480 e. The number of rotatable bonds is 7. The van der Waals surface area contributed by atoms with Gasteiger partial charge >= 0.3 is 5.97 Å². The van der Waals surface area contributed by atoms with E-state index in [1.54, 1.807) is 17.0 Å². The fourth-order valence-electron chi connectivity index (χ4n) is 3.03. The highest BCUT2D eigenvalue weighted by atomic mass is 16.4. The van der Waals surface area contributed by atoms with Crippen molar-refractivity contribution in [3.8, 4) is 0 Å². The van der Waals surface area contributed by atoms with Crippen molar-refractivity contribution in [1.29, 1.82) is 0 Å². The summed E-state index contributed by atoms with van der Waals surface area (Å²) in [6, 6.07) is 11.6. The molecule has 3 rings (SSSR count). The summed E-state index contributed by atoms with van der Waals surface area (Å²) in [7, 11) is 0. The maximum atomic E-state index is 12.5.